The molecule has 1 aromatic carbocycles. The summed E-state index contributed by atoms with van der Waals surface area (Å²) in [5.41, 5.74) is 2.38. The van der Waals surface area contributed by atoms with E-state index in [1.54, 1.807) is 23.9 Å². The molecule has 0 aliphatic carbocycles. The molecule has 0 radical (unpaired) electrons. The van der Waals surface area contributed by atoms with Gasteiger partial charge in [0.15, 0.2) is 11.3 Å². The standard InChI is InChI=1S/C17H16ClN5O2/c1-8(2)23-15-12(16(24)21-23)11(9-5-4-6-10(18)7-9)13-14(19-15)20-17(25)22(13)3/h4-8H,1-3H3,(H,21,24)(H,19,20,25). The van der Waals surface area contributed by atoms with Crippen LogP contribution in [0.15, 0.2) is 33.9 Å². The first-order valence-electron chi connectivity index (χ1n) is 7.87. The fourth-order valence-corrected chi connectivity index (χ4v) is 3.36. The van der Waals surface area contributed by atoms with Crippen LogP contribution in [0.1, 0.15) is 19.9 Å². The van der Waals surface area contributed by atoms with Gasteiger partial charge in [0.1, 0.15) is 0 Å². The van der Waals surface area contributed by atoms with Crippen molar-refractivity contribution < 1.29 is 0 Å². The number of H-pyrrole nitrogens is 2. The summed E-state index contributed by atoms with van der Waals surface area (Å²) in [7, 11) is 1.65. The van der Waals surface area contributed by atoms with Crippen molar-refractivity contribution >= 4 is 33.8 Å². The molecule has 2 N–H and O–H groups in total. The van der Waals surface area contributed by atoms with E-state index in [1.807, 2.05) is 26.0 Å². The first kappa shape index (κ1) is 15.7. The Bertz CT molecular complexity index is 1240. The summed E-state index contributed by atoms with van der Waals surface area (Å²) in [6.07, 6.45) is 0. The number of hydrogen-bond acceptors (Lipinski definition) is 3. The summed E-state index contributed by atoms with van der Waals surface area (Å²) in [5, 5.41) is 3.83. The molecule has 25 heavy (non-hydrogen) atoms. The number of rotatable bonds is 2. The average Bonchev–Trinajstić information content (AvgIpc) is 3.03. The lowest BCUT2D eigenvalue weighted by molar-refractivity contribution is 0.542. The Morgan fingerprint density at radius 3 is 2.68 bits per heavy atom. The van der Waals surface area contributed by atoms with E-state index in [0.29, 0.717) is 32.8 Å². The molecule has 0 fully saturated rings. The number of aromatic nitrogens is 5. The summed E-state index contributed by atoms with van der Waals surface area (Å²) < 4.78 is 3.17. The summed E-state index contributed by atoms with van der Waals surface area (Å²) in [5.74, 6) is 0. The Labute approximate surface area is 146 Å². The molecule has 0 unspecified atom stereocenters. The third-order valence-electron chi connectivity index (χ3n) is 4.32. The van der Waals surface area contributed by atoms with Crippen LogP contribution in [-0.2, 0) is 7.05 Å². The van der Waals surface area contributed by atoms with Gasteiger partial charge < -0.3 is 0 Å². The smallest absolute Gasteiger partial charge is 0.293 e. The van der Waals surface area contributed by atoms with Gasteiger partial charge in [-0.25, -0.2) is 9.78 Å². The molecule has 3 aromatic heterocycles. The number of nitrogens with zero attached hydrogens (tertiary/aromatic N) is 3. The molecule has 4 rings (SSSR count). The molecular formula is C17H16ClN5O2. The van der Waals surface area contributed by atoms with E-state index < -0.39 is 0 Å². The van der Waals surface area contributed by atoms with Gasteiger partial charge in [0, 0.05) is 23.7 Å². The molecule has 0 bridgehead atoms. The monoisotopic (exact) mass is 357 g/mol. The van der Waals surface area contributed by atoms with E-state index >= 15 is 0 Å². The minimum atomic E-state index is -0.286. The third kappa shape index (κ3) is 2.23. The summed E-state index contributed by atoms with van der Waals surface area (Å²) in [6, 6.07) is 7.23. The van der Waals surface area contributed by atoms with Gasteiger partial charge in [-0.2, -0.15) is 0 Å². The molecule has 0 amide bonds. The van der Waals surface area contributed by atoms with Crippen molar-refractivity contribution in [1.29, 1.82) is 0 Å². The van der Waals surface area contributed by atoms with Crippen molar-refractivity contribution in [2.24, 2.45) is 7.05 Å². The van der Waals surface area contributed by atoms with E-state index in [1.165, 1.54) is 4.57 Å². The SMILES string of the molecule is CC(C)n1[nH]c(=O)c2c(-c3cccc(Cl)c3)c3c(nc21)[nH]c(=O)n3C. The molecule has 0 atom stereocenters. The van der Waals surface area contributed by atoms with Gasteiger partial charge in [-0.3, -0.25) is 24.1 Å². The number of benzene rings is 1. The predicted octanol–water partition coefficient (Wildman–Crippen LogP) is 2.81. The number of fused-ring (bicyclic) bond motifs is 2. The number of hydrogen-bond donors (Lipinski definition) is 2. The van der Waals surface area contributed by atoms with E-state index in [0.717, 1.165) is 5.56 Å². The maximum Gasteiger partial charge on any atom is 0.327 e. The summed E-state index contributed by atoms with van der Waals surface area (Å²) >= 11 is 6.15. The van der Waals surface area contributed by atoms with Crippen molar-refractivity contribution in [3.8, 4) is 11.1 Å². The van der Waals surface area contributed by atoms with Crippen LogP contribution in [0, 0.1) is 0 Å². The zero-order chi connectivity index (χ0) is 17.9. The van der Waals surface area contributed by atoms with Crippen molar-refractivity contribution in [2.45, 2.75) is 19.9 Å². The molecule has 8 heteroatoms. The molecule has 128 valence electrons. The van der Waals surface area contributed by atoms with Gasteiger partial charge in [0.25, 0.3) is 5.56 Å². The van der Waals surface area contributed by atoms with E-state index in [4.69, 9.17) is 11.6 Å². The molecule has 0 aliphatic heterocycles. The molecule has 0 aliphatic rings. The van der Waals surface area contributed by atoms with Crippen molar-refractivity contribution in [1.82, 2.24) is 24.3 Å². The van der Waals surface area contributed by atoms with Gasteiger partial charge in [-0.15, -0.1) is 0 Å². The van der Waals surface area contributed by atoms with Crippen LogP contribution in [-0.4, -0.2) is 24.3 Å². The second-order valence-electron chi connectivity index (χ2n) is 6.29. The average molecular weight is 358 g/mol. The fraction of sp³-hybridized carbons (Fsp3) is 0.235. The zero-order valence-electron chi connectivity index (χ0n) is 13.9. The van der Waals surface area contributed by atoms with E-state index in [2.05, 4.69) is 15.1 Å². The molecular weight excluding hydrogens is 342 g/mol. The van der Waals surface area contributed by atoms with Crippen LogP contribution in [0.25, 0.3) is 33.3 Å². The lowest BCUT2D eigenvalue weighted by Crippen LogP contribution is -2.12. The van der Waals surface area contributed by atoms with Gasteiger partial charge in [-0.05, 0) is 31.5 Å². The number of aromatic amines is 2. The highest BCUT2D eigenvalue weighted by Gasteiger charge is 2.22. The zero-order valence-corrected chi connectivity index (χ0v) is 14.7. The van der Waals surface area contributed by atoms with Crippen molar-refractivity contribution in [3.63, 3.8) is 0 Å². The lowest BCUT2D eigenvalue weighted by Gasteiger charge is -2.10. The Balaban J connectivity index is 2.30. The van der Waals surface area contributed by atoms with Gasteiger partial charge in [0.05, 0.1) is 10.9 Å². The normalized spacial score (nSPS) is 11.9. The Morgan fingerprint density at radius 2 is 2.00 bits per heavy atom. The van der Waals surface area contributed by atoms with Crippen LogP contribution >= 0.6 is 11.6 Å². The molecule has 3 heterocycles. The lowest BCUT2D eigenvalue weighted by atomic mass is 10.0. The summed E-state index contributed by atoms with van der Waals surface area (Å²) in [6.45, 7) is 3.90. The second-order valence-corrected chi connectivity index (χ2v) is 6.72. The first-order valence-corrected chi connectivity index (χ1v) is 8.25. The molecule has 0 spiro atoms. The quantitative estimate of drug-likeness (QED) is 0.578. The van der Waals surface area contributed by atoms with Crippen LogP contribution in [0.3, 0.4) is 0 Å². The fourth-order valence-electron chi connectivity index (χ4n) is 3.17. The van der Waals surface area contributed by atoms with E-state index in [-0.39, 0.29) is 17.3 Å². The third-order valence-corrected chi connectivity index (χ3v) is 4.56. The van der Waals surface area contributed by atoms with Crippen LogP contribution in [0.4, 0.5) is 0 Å². The molecule has 4 aromatic rings. The number of aryl methyl sites for hydroxylation is 1. The number of pyridine rings is 1. The largest absolute Gasteiger partial charge is 0.327 e. The highest BCUT2D eigenvalue weighted by molar-refractivity contribution is 6.31. The molecule has 7 nitrogen and oxygen atoms in total. The number of halogens is 1. The Morgan fingerprint density at radius 1 is 1.24 bits per heavy atom. The highest BCUT2D eigenvalue weighted by Crippen LogP contribution is 2.33. The van der Waals surface area contributed by atoms with Crippen molar-refractivity contribution in [2.75, 3.05) is 0 Å². The first-order chi connectivity index (χ1) is 11.9. The van der Waals surface area contributed by atoms with Crippen LogP contribution < -0.4 is 11.2 Å². The maximum absolute atomic E-state index is 12.7. The van der Waals surface area contributed by atoms with Crippen LogP contribution in [0.5, 0.6) is 0 Å². The van der Waals surface area contributed by atoms with Gasteiger partial charge >= 0.3 is 5.69 Å². The van der Waals surface area contributed by atoms with Crippen LogP contribution in [0.2, 0.25) is 5.02 Å². The minimum absolute atomic E-state index is 0.0118. The second kappa shape index (κ2) is 5.35. The number of imidazole rings is 1. The predicted molar refractivity (Wildman–Crippen MR) is 98.3 cm³/mol. The Kier molecular flexibility index (Phi) is 3.36. The Hall–Kier alpha value is -2.80. The van der Waals surface area contributed by atoms with Gasteiger partial charge in [-0.1, -0.05) is 23.7 Å². The summed E-state index contributed by atoms with van der Waals surface area (Å²) in [4.78, 5) is 32.1. The molecule has 0 saturated heterocycles. The topological polar surface area (TPSA) is 88.5 Å². The van der Waals surface area contributed by atoms with Gasteiger partial charge in [0.2, 0.25) is 0 Å². The maximum atomic E-state index is 12.7. The number of nitrogens with one attached hydrogen (secondary N) is 2. The minimum Gasteiger partial charge on any atom is -0.293 e. The highest BCUT2D eigenvalue weighted by atomic mass is 35.5. The molecule has 0 saturated carbocycles. The van der Waals surface area contributed by atoms with Crippen molar-refractivity contribution in [3.05, 3.63) is 50.1 Å². The van der Waals surface area contributed by atoms with E-state index in [9.17, 15) is 9.59 Å².